The summed E-state index contributed by atoms with van der Waals surface area (Å²) in [6.45, 7) is -0.423. The molecule has 162 valence electrons. The van der Waals surface area contributed by atoms with E-state index in [4.69, 9.17) is 4.74 Å². The average Bonchev–Trinajstić information content (AvgIpc) is 3.07. The van der Waals surface area contributed by atoms with Gasteiger partial charge in [-0.3, -0.25) is 4.79 Å². The van der Waals surface area contributed by atoms with Crippen LogP contribution in [0.15, 0.2) is 48.5 Å². The number of nitrogens with one attached hydrogen (secondary N) is 1. The first-order valence-electron chi connectivity index (χ1n) is 8.89. The quantitative estimate of drug-likeness (QED) is 0.625. The monoisotopic (exact) mass is 433 g/mol. The minimum Gasteiger partial charge on any atom is -0.481 e. The number of aliphatic carboxylic acids is 1. The number of alkyl halides is 6. The highest BCUT2D eigenvalue weighted by Crippen LogP contribution is 2.44. The molecule has 2 N–H and O–H groups in total. The zero-order valence-corrected chi connectivity index (χ0v) is 15.3. The lowest BCUT2D eigenvalue weighted by atomic mass is 9.82. The van der Waals surface area contributed by atoms with Gasteiger partial charge >= 0.3 is 18.3 Å². The van der Waals surface area contributed by atoms with Gasteiger partial charge in [-0.05, 0) is 36.2 Å². The lowest BCUT2D eigenvalue weighted by Crippen LogP contribution is -2.38. The maximum absolute atomic E-state index is 13.1. The number of carbonyl (C=O) groups is 1. The van der Waals surface area contributed by atoms with E-state index in [-0.39, 0.29) is 11.3 Å². The summed E-state index contributed by atoms with van der Waals surface area (Å²) in [7, 11) is 0. The van der Waals surface area contributed by atoms with Gasteiger partial charge in [-0.2, -0.15) is 26.3 Å². The van der Waals surface area contributed by atoms with Crippen LogP contribution < -0.4 is 10.1 Å². The number of carboxylic acids is 1. The fourth-order valence-electron chi connectivity index (χ4n) is 3.59. The molecular weight excluding hydrogens is 416 g/mol. The molecule has 1 fully saturated rings. The van der Waals surface area contributed by atoms with Crippen molar-refractivity contribution in [1.29, 1.82) is 0 Å². The maximum Gasteiger partial charge on any atom is 0.419 e. The molecule has 0 unspecified atom stereocenters. The van der Waals surface area contributed by atoms with Crippen molar-refractivity contribution in [1.82, 2.24) is 5.32 Å². The molecule has 30 heavy (non-hydrogen) atoms. The van der Waals surface area contributed by atoms with Gasteiger partial charge in [0.25, 0.3) is 0 Å². The highest BCUT2D eigenvalue weighted by atomic mass is 19.4. The Morgan fingerprint density at radius 1 is 1.07 bits per heavy atom. The molecule has 3 rings (SSSR count). The number of carboxylic acid groups (broad SMARTS) is 1. The van der Waals surface area contributed by atoms with E-state index >= 15 is 0 Å². The van der Waals surface area contributed by atoms with Gasteiger partial charge in [0.2, 0.25) is 0 Å². The fraction of sp³-hybridized carbons (Fsp3) is 0.350. The van der Waals surface area contributed by atoms with Crippen molar-refractivity contribution in [3.05, 3.63) is 59.7 Å². The number of rotatable bonds is 5. The smallest absolute Gasteiger partial charge is 0.419 e. The van der Waals surface area contributed by atoms with E-state index in [0.29, 0.717) is 0 Å². The third-order valence-electron chi connectivity index (χ3n) is 5.02. The lowest BCUT2D eigenvalue weighted by molar-refractivity contribution is -0.170. The summed E-state index contributed by atoms with van der Waals surface area (Å²) in [5.41, 5.74) is -2.12. The Bertz CT molecular complexity index is 910. The molecule has 0 bridgehead atoms. The molecule has 0 saturated carbocycles. The lowest BCUT2D eigenvalue weighted by Gasteiger charge is -2.29. The van der Waals surface area contributed by atoms with Crippen molar-refractivity contribution in [2.75, 3.05) is 6.54 Å². The highest BCUT2D eigenvalue weighted by molar-refractivity contribution is 5.69. The maximum atomic E-state index is 13.1. The second kappa shape index (κ2) is 7.82. The summed E-state index contributed by atoms with van der Waals surface area (Å²) in [6, 6.07) is 9.93. The van der Waals surface area contributed by atoms with Crippen LogP contribution in [-0.2, 0) is 16.5 Å². The molecule has 1 saturated heterocycles. The van der Waals surface area contributed by atoms with E-state index in [0.717, 1.165) is 12.1 Å². The van der Waals surface area contributed by atoms with Crippen molar-refractivity contribution in [2.24, 2.45) is 5.92 Å². The largest absolute Gasteiger partial charge is 0.481 e. The van der Waals surface area contributed by atoms with Gasteiger partial charge in [-0.1, -0.05) is 24.3 Å². The molecule has 1 aliphatic rings. The van der Waals surface area contributed by atoms with Crippen LogP contribution in [-0.4, -0.2) is 23.8 Å². The summed E-state index contributed by atoms with van der Waals surface area (Å²) in [5.74, 6) is -3.36. The van der Waals surface area contributed by atoms with Crippen molar-refractivity contribution < 1.29 is 41.0 Å². The van der Waals surface area contributed by atoms with Gasteiger partial charge in [0.15, 0.2) is 0 Å². The second-order valence-corrected chi connectivity index (χ2v) is 7.10. The van der Waals surface area contributed by atoms with Gasteiger partial charge in [0.05, 0.1) is 23.4 Å². The molecule has 0 aromatic heterocycles. The first-order valence-corrected chi connectivity index (χ1v) is 8.89. The van der Waals surface area contributed by atoms with E-state index in [1.807, 2.05) is 0 Å². The van der Waals surface area contributed by atoms with E-state index in [9.17, 15) is 36.2 Å². The van der Waals surface area contributed by atoms with E-state index < -0.39 is 60.5 Å². The van der Waals surface area contributed by atoms with Crippen LogP contribution in [0, 0.1) is 5.92 Å². The zero-order valence-electron chi connectivity index (χ0n) is 15.3. The van der Waals surface area contributed by atoms with Crippen molar-refractivity contribution in [2.45, 2.75) is 30.7 Å². The molecule has 0 spiro atoms. The van der Waals surface area contributed by atoms with Gasteiger partial charge in [0, 0.05) is 6.54 Å². The standard InChI is InChI=1S/C20H17F6NO3/c21-19(22,23)13-9-18(27-11-13,10-17(28)29)12-5-7-14(8-6-12)30-16-4-2-1-3-15(16)20(24,25)26/h1-8,13,27H,9-11H2,(H,28,29)/t13-,18-/m0/s1. The molecule has 0 amide bonds. The Morgan fingerprint density at radius 3 is 2.23 bits per heavy atom. The molecule has 0 aliphatic carbocycles. The molecule has 2 aromatic carbocycles. The van der Waals surface area contributed by atoms with Gasteiger partial charge < -0.3 is 15.2 Å². The van der Waals surface area contributed by atoms with Crippen LogP contribution >= 0.6 is 0 Å². The zero-order chi connectivity index (χ0) is 22.2. The molecular formula is C20H17F6NO3. The third kappa shape index (κ3) is 4.69. The van der Waals surface area contributed by atoms with Gasteiger partial charge in [-0.25, -0.2) is 0 Å². The number of para-hydroxylation sites is 1. The Kier molecular flexibility index (Phi) is 5.72. The Hall–Kier alpha value is -2.75. The molecule has 1 aliphatic heterocycles. The Morgan fingerprint density at radius 2 is 1.70 bits per heavy atom. The Balaban J connectivity index is 1.86. The van der Waals surface area contributed by atoms with Gasteiger partial charge in [0.1, 0.15) is 11.5 Å². The SMILES string of the molecule is O=C(O)C[C@]1(c2ccc(Oc3ccccc3C(F)(F)F)cc2)C[C@H](C(F)(F)F)CN1. The number of halogens is 6. The molecule has 2 atom stereocenters. The summed E-state index contributed by atoms with van der Waals surface area (Å²) in [5, 5.41) is 11.9. The van der Waals surface area contributed by atoms with Crippen molar-refractivity contribution in [3.63, 3.8) is 0 Å². The van der Waals surface area contributed by atoms with E-state index in [2.05, 4.69) is 5.32 Å². The highest BCUT2D eigenvalue weighted by Gasteiger charge is 2.51. The molecule has 4 nitrogen and oxygen atoms in total. The molecule has 2 aromatic rings. The number of benzene rings is 2. The van der Waals surface area contributed by atoms with Crippen LogP contribution in [0.2, 0.25) is 0 Å². The fourth-order valence-corrected chi connectivity index (χ4v) is 3.59. The summed E-state index contributed by atoms with van der Waals surface area (Å²) in [6.07, 6.45) is -10.1. The summed E-state index contributed by atoms with van der Waals surface area (Å²) in [4.78, 5) is 11.3. The number of hydrogen-bond acceptors (Lipinski definition) is 3. The van der Waals surface area contributed by atoms with Crippen LogP contribution in [0.25, 0.3) is 0 Å². The van der Waals surface area contributed by atoms with Crippen LogP contribution in [0.3, 0.4) is 0 Å². The van der Waals surface area contributed by atoms with Crippen LogP contribution in [0.4, 0.5) is 26.3 Å². The first-order chi connectivity index (χ1) is 13.9. The third-order valence-corrected chi connectivity index (χ3v) is 5.02. The Labute approximate surface area is 167 Å². The minimum atomic E-state index is -4.62. The second-order valence-electron chi connectivity index (χ2n) is 7.10. The average molecular weight is 433 g/mol. The molecule has 10 heteroatoms. The van der Waals surface area contributed by atoms with Crippen molar-refractivity contribution in [3.8, 4) is 11.5 Å². The van der Waals surface area contributed by atoms with Crippen LogP contribution in [0.5, 0.6) is 11.5 Å². The minimum absolute atomic E-state index is 0.0336. The number of hydrogen-bond donors (Lipinski definition) is 2. The molecule has 0 radical (unpaired) electrons. The van der Waals surface area contributed by atoms with E-state index in [1.54, 1.807) is 0 Å². The van der Waals surface area contributed by atoms with Crippen LogP contribution in [0.1, 0.15) is 24.0 Å². The summed E-state index contributed by atoms with van der Waals surface area (Å²) < 4.78 is 83.9. The predicted molar refractivity (Wildman–Crippen MR) is 94.1 cm³/mol. The topological polar surface area (TPSA) is 58.6 Å². The summed E-state index contributed by atoms with van der Waals surface area (Å²) >= 11 is 0. The molecule has 1 heterocycles. The normalized spacial score (nSPS) is 22.1. The van der Waals surface area contributed by atoms with Crippen molar-refractivity contribution >= 4 is 5.97 Å². The predicted octanol–water partition coefficient (Wildman–Crippen LogP) is 5.34. The first kappa shape index (κ1) is 21.9. The number of ether oxygens (including phenoxy) is 1. The van der Waals surface area contributed by atoms with Gasteiger partial charge in [-0.15, -0.1) is 0 Å². The van der Waals surface area contributed by atoms with E-state index in [1.165, 1.54) is 36.4 Å².